The van der Waals surface area contributed by atoms with Gasteiger partial charge in [-0.2, -0.15) is 0 Å². The van der Waals surface area contributed by atoms with Crippen LogP contribution in [-0.2, 0) is 6.42 Å². The first-order valence-electron chi connectivity index (χ1n) is 5.28. The van der Waals surface area contributed by atoms with Gasteiger partial charge in [0, 0.05) is 0 Å². The lowest BCUT2D eigenvalue weighted by Crippen LogP contribution is -2.22. The Morgan fingerprint density at radius 2 is 1.71 bits per heavy atom. The molecule has 0 fully saturated rings. The molecule has 0 spiro atoms. The van der Waals surface area contributed by atoms with Crippen LogP contribution in [0.4, 0.5) is 0 Å². The van der Waals surface area contributed by atoms with E-state index < -0.39 is 8.07 Å². The third-order valence-electron chi connectivity index (χ3n) is 2.92. The van der Waals surface area contributed by atoms with E-state index >= 15 is 0 Å². The van der Waals surface area contributed by atoms with Crippen LogP contribution in [0.3, 0.4) is 0 Å². The van der Waals surface area contributed by atoms with Gasteiger partial charge in [-0.1, -0.05) is 54.7 Å². The van der Waals surface area contributed by atoms with Crippen LogP contribution in [0.15, 0.2) is 29.8 Å². The second kappa shape index (κ2) is 3.09. The fraction of sp³-hybridized carbons (Fsp3) is 0.385. The SMILES string of the molecule is CC1=C([Si](C)(C)C)c2ccccc2C1. The van der Waals surface area contributed by atoms with Crippen molar-refractivity contribution in [1.29, 1.82) is 0 Å². The minimum absolute atomic E-state index is 1.16. The largest absolute Gasteiger partial charge is 0.0783 e. The highest BCUT2D eigenvalue weighted by Gasteiger charge is 2.28. The van der Waals surface area contributed by atoms with Crippen LogP contribution >= 0.6 is 0 Å². The quantitative estimate of drug-likeness (QED) is 0.606. The van der Waals surface area contributed by atoms with Gasteiger partial charge in [0.2, 0.25) is 0 Å². The lowest BCUT2D eigenvalue weighted by atomic mass is 10.1. The van der Waals surface area contributed by atoms with Gasteiger partial charge < -0.3 is 0 Å². The summed E-state index contributed by atoms with van der Waals surface area (Å²) in [7, 11) is -1.16. The monoisotopic (exact) mass is 202 g/mol. The first kappa shape index (κ1) is 9.72. The van der Waals surface area contributed by atoms with Gasteiger partial charge in [-0.15, -0.1) is 0 Å². The van der Waals surface area contributed by atoms with Crippen LogP contribution in [0.5, 0.6) is 0 Å². The molecule has 2 rings (SSSR count). The normalized spacial score (nSPS) is 16.0. The maximum Gasteiger partial charge on any atom is 0.0783 e. The Bertz CT molecular complexity index is 394. The molecule has 0 radical (unpaired) electrons. The van der Waals surface area contributed by atoms with E-state index in [1.54, 1.807) is 10.8 Å². The Hall–Kier alpha value is -0.823. The molecule has 0 saturated heterocycles. The first-order chi connectivity index (χ1) is 6.50. The molecular weight excluding hydrogens is 184 g/mol. The van der Waals surface area contributed by atoms with Crippen LogP contribution in [0, 0.1) is 0 Å². The highest BCUT2D eigenvalue weighted by atomic mass is 28.3. The summed E-state index contributed by atoms with van der Waals surface area (Å²) in [4.78, 5) is 0. The van der Waals surface area contributed by atoms with Gasteiger partial charge in [-0.05, 0) is 24.5 Å². The Morgan fingerprint density at radius 3 is 2.36 bits per heavy atom. The summed E-state index contributed by atoms with van der Waals surface area (Å²) >= 11 is 0. The predicted octanol–water partition coefficient (Wildman–Crippen LogP) is 3.89. The molecule has 1 aliphatic rings. The molecule has 1 aliphatic carbocycles. The number of benzene rings is 1. The second-order valence-electron chi connectivity index (χ2n) is 5.24. The molecule has 14 heavy (non-hydrogen) atoms. The number of hydrogen-bond donors (Lipinski definition) is 0. The first-order valence-corrected chi connectivity index (χ1v) is 8.78. The van der Waals surface area contributed by atoms with Crippen molar-refractivity contribution >= 4 is 13.3 Å². The van der Waals surface area contributed by atoms with E-state index in [-0.39, 0.29) is 0 Å². The van der Waals surface area contributed by atoms with Gasteiger partial charge in [0.15, 0.2) is 0 Å². The van der Waals surface area contributed by atoms with Gasteiger partial charge in [0.25, 0.3) is 0 Å². The lowest BCUT2D eigenvalue weighted by molar-refractivity contribution is 1.19. The fourth-order valence-electron chi connectivity index (χ4n) is 2.57. The molecule has 0 bridgehead atoms. The highest BCUT2D eigenvalue weighted by molar-refractivity contribution is 6.94. The molecule has 1 aromatic carbocycles. The predicted molar refractivity (Wildman–Crippen MR) is 66.1 cm³/mol. The lowest BCUT2D eigenvalue weighted by Gasteiger charge is -2.20. The summed E-state index contributed by atoms with van der Waals surface area (Å²) < 4.78 is 0. The summed E-state index contributed by atoms with van der Waals surface area (Å²) in [5, 5.41) is 1.69. The van der Waals surface area contributed by atoms with Crippen molar-refractivity contribution < 1.29 is 0 Å². The van der Waals surface area contributed by atoms with Crippen molar-refractivity contribution in [3.63, 3.8) is 0 Å². The number of allylic oxidation sites excluding steroid dienone is 1. The Morgan fingerprint density at radius 1 is 1.07 bits per heavy atom. The number of fused-ring (bicyclic) bond motifs is 1. The minimum Gasteiger partial charge on any atom is -0.0691 e. The van der Waals surface area contributed by atoms with Crippen LogP contribution in [0.1, 0.15) is 18.1 Å². The molecule has 0 aromatic heterocycles. The molecule has 0 unspecified atom stereocenters. The maximum atomic E-state index is 2.44. The van der Waals surface area contributed by atoms with Gasteiger partial charge >= 0.3 is 0 Å². The average molecular weight is 202 g/mol. The third kappa shape index (κ3) is 1.46. The van der Waals surface area contributed by atoms with E-state index in [0.29, 0.717) is 0 Å². The van der Waals surface area contributed by atoms with Crippen molar-refractivity contribution in [2.45, 2.75) is 33.0 Å². The van der Waals surface area contributed by atoms with Crippen molar-refractivity contribution in [1.82, 2.24) is 0 Å². The maximum absolute atomic E-state index is 2.44. The molecule has 0 atom stereocenters. The van der Waals surface area contributed by atoms with E-state index in [2.05, 4.69) is 50.8 Å². The van der Waals surface area contributed by atoms with E-state index in [4.69, 9.17) is 0 Å². The molecule has 0 heterocycles. The zero-order chi connectivity index (χ0) is 10.3. The topological polar surface area (TPSA) is 0 Å². The van der Waals surface area contributed by atoms with E-state index in [9.17, 15) is 0 Å². The summed E-state index contributed by atoms with van der Waals surface area (Å²) in [6.45, 7) is 9.61. The molecule has 0 saturated carbocycles. The zero-order valence-corrected chi connectivity index (χ0v) is 10.5. The molecule has 1 aromatic rings. The van der Waals surface area contributed by atoms with Gasteiger partial charge in [-0.3, -0.25) is 0 Å². The van der Waals surface area contributed by atoms with Crippen molar-refractivity contribution in [2.24, 2.45) is 0 Å². The summed E-state index contributed by atoms with van der Waals surface area (Å²) in [5.41, 5.74) is 4.66. The van der Waals surface area contributed by atoms with Gasteiger partial charge in [-0.25, -0.2) is 0 Å². The van der Waals surface area contributed by atoms with E-state index in [1.165, 1.54) is 17.5 Å². The Labute approximate surface area is 87.7 Å². The van der Waals surface area contributed by atoms with E-state index in [0.717, 1.165) is 0 Å². The molecule has 0 nitrogen and oxygen atoms in total. The number of hydrogen-bond acceptors (Lipinski definition) is 0. The highest BCUT2D eigenvalue weighted by Crippen LogP contribution is 2.38. The molecule has 0 aliphatic heterocycles. The molecule has 0 amide bonds. The van der Waals surface area contributed by atoms with Gasteiger partial charge in [0.05, 0.1) is 8.07 Å². The summed E-state index contributed by atoms with van der Waals surface area (Å²) in [5.74, 6) is 0. The Kier molecular flexibility index (Phi) is 2.15. The van der Waals surface area contributed by atoms with E-state index in [1.807, 2.05) is 0 Å². The zero-order valence-electron chi connectivity index (χ0n) is 9.52. The van der Waals surface area contributed by atoms with Gasteiger partial charge in [0.1, 0.15) is 0 Å². The standard InChI is InChI=1S/C13H18Si/c1-10-9-11-7-5-6-8-12(11)13(10)14(2,3)4/h5-8H,9H2,1-4H3. The second-order valence-corrected chi connectivity index (χ2v) is 10.2. The summed E-state index contributed by atoms with van der Waals surface area (Å²) in [6.07, 6.45) is 1.18. The van der Waals surface area contributed by atoms with Crippen molar-refractivity contribution in [2.75, 3.05) is 0 Å². The van der Waals surface area contributed by atoms with Crippen LogP contribution in [-0.4, -0.2) is 8.07 Å². The van der Waals surface area contributed by atoms with Crippen LogP contribution in [0.2, 0.25) is 19.6 Å². The minimum atomic E-state index is -1.16. The third-order valence-corrected chi connectivity index (χ3v) is 5.12. The average Bonchev–Trinajstić information content (AvgIpc) is 2.38. The summed E-state index contributed by atoms with van der Waals surface area (Å²) in [6, 6.07) is 8.88. The van der Waals surface area contributed by atoms with Crippen molar-refractivity contribution in [3.05, 3.63) is 41.0 Å². The smallest absolute Gasteiger partial charge is 0.0691 e. The Balaban J connectivity index is 2.57. The molecule has 74 valence electrons. The number of rotatable bonds is 1. The van der Waals surface area contributed by atoms with Crippen LogP contribution < -0.4 is 0 Å². The van der Waals surface area contributed by atoms with Crippen LogP contribution in [0.25, 0.3) is 5.20 Å². The molecule has 1 heteroatoms. The van der Waals surface area contributed by atoms with Crippen molar-refractivity contribution in [3.8, 4) is 0 Å². The fourth-order valence-corrected chi connectivity index (χ4v) is 4.99. The molecular formula is C13H18Si. The molecule has 0 N–H and O–H groups in total.